The van der Waals surface area contributed by atoms with Gasteiger partial charge in [0.25, 0.3) is 0 Å². The van der Waals surface area contributed by atoms with Crippen LogP contribution in [0.15, 0.2) is 0 Å². The molecule has 0 saturated carbocycles. The molecule has 2 heteroatoms. The highest BCUT2D eigenvalue weighted by atomic mass is 16.1. The number of ketones is 2. The maximum atomic E-state index is 14.4. The van der Waals surface area contributed by atoms with Crippen LogP contribution in [0, 0.1) is 83.1 Å². The summed E-state index contributed by atoms with van der Waals surface area (Å²) in [6, 6.07) is 0. The molecule has 0 radical (unpaired) electrons. The minimum absolute atomic E-state index is 0.00448. The van der Waals surface area contributed by atoms with E-state index in [1.54, 1.807) is 0 Å². The number of hydrogen-bond donors (Lipinski definition) is 0. The monoisotopic (exact) mass is 476 g/mol. The molecule has 0 spiro atoms. The summed E-state index contributed by atoms with van der Waals surface area (Å²) in [5, 5.41) is 4.52. The van der Waals surface area contributed by atoms with Crippen LogP contribution in [0.2, 0.25) is 0 Å². The normalized spacial score (nSPS) is 13.1. The molecule has 0 aliphatic heterocycles. The topological polar surface area (TPSA) is 34.1 Å². The van der Waals surface area contributed by atoms with Gasteiger partial charge in [-0.2, -0.15) is 0 Å². The predicted octanol–water partition coefficient (Wildman–Crippen LogP) is 8.47. The van der Waals surface area contributed by atoms with Crippen LogP contribution in [0.25, 0.3) is 21.5 Å². The lowest BCUT2D eigenvalue weighted by atomic mass is 9.72. The van der Waals surface area contributed by atoms with E-state index in [0.717, 1.165) is 43.8 Å². The molecule has 2 nitrogen and oxygen atoms in total. The first-order chi connectivity index (χ1) is 16.7. The van der Waals surface area contributed by atoms with E-state index in [9.17, 15) is 9.59 Å². The lowest BCUT2D eigenvalue weighted by molar-refractivity contribution is 0.0977. The van der Waals surface area contributed by atoms with E-state index in [1.165, 1.54) is 44.5 Å². The summed E-state index contributed by atoms with van der Waals surface area (Å²) in [5.74, 6) is -0.00896. The van der Waals surface area contributed by atoms with Crippen molar-refractivity contribution in [1.29, 1.82) is 0 Å². The molecule has 0 bridgehead atoms. The van der Waals surface area contributed by atoms with Crippen LogP contribution in [-0.2, 0) is 0 Å². The molecule has 0 amide bonds. The summed E-state index contributed by atoms with van der Waals surface area (Å²) in [6.07, 6.45) is 0. The molecule has 4 aromatic carbocycles. The van der Waals surface area contributed by atoms with Gasteiger partial charge >= 0.3 is 0 Å². The second-order valence-electron chi connectivity index (χ2n) is 11.2. The smallest absolute Gasteiger partial charge is 0.195 e. The molecule has 5 rings (SSSR count). The highest BCUT2D eigenvalue weighted by Gasteiger charge is 2.38. The molecule has 184 valence electrons. The van der Waals surface area contributed by atoms with Gasteiger partial charge in [0.05, 0.1) is 0 Å². The Bertz CT molecular complexity index is 1500. The second kappa shape index (κ2) is 7.62. The molecule has 36 heavy (non-hydrogen) atoms. The van der Waals surface area contributed by atoms with Gasteiger partial charge in [-0.05, 0) is 171 Å². The van der Waals surface area contributed by atoms with Gasteiger partial charge in [-0.15, -0.1) is 0 Å². The van der Waals surface area contributed by atoms with Gasteiger partial charge in [0, 0.05) is 22.3 Å². The Balaban J connectivity index is 2.03. The van der Waals surface area contributed by atoms with Crippen molar-refractivity contribution in [2.24, 2.45) is 0 Å². The summed E-state index contributed by atoms with van der Waals surface area (Å²) in [6.45, 7) is 25.3. The van der Waals surface area contributed by atoms with E-state index in [1.807, 2.05) is 27.7 Å². The molecule has 0 unspecified atom stereocenters. The number of rotatable bonds is 0. The maximum absolute atomic E-state index is 14.4. The number of fused-ring (bicyclic) bond motifs is 4. The molecule has 0 fully saturated rings. The molecule has 1 aliphatic rings. The standard InChI is InChI=1S/C34H36O2/c1-13-14(2)18(6)26-22(10)30-29(21(9)25(26)17(13)5)33(35)31-23(11)27-19(7)15(3)16(4)20(8)28(27)24(12)32(31)34(30)36/h1-12H3. The van der Waals surface area contributed by atoms with E-state index in [2.05, 4.69) is 55.4 Å². The van der Waals surface area contributed by atoms with Crippen molar-refractivity contribution in [3.8, 4) is 0 Å². The highest BCUT2D eigenvalue weighted by Crippen LogP contribution is 2.45. The first kappa shape index (κ1) is 24.4. The van der Waals surface area contributed by atoms with Gasteiger partial charge in [0.15, 0.2) is 11.6 Å². The summed E-state index contributed by atoms with van der Waals surface area (Å²) in [5.41, 5.74) is 16.0. The number of carbonyl (C=O) groups is 2. The zero-order valence-corrected chi connectivity index (χ0v) is 23.8. The quantitative estimate of drug-likeness (QED) is 0.225. The Morgan fingerprint density at radius 1 is 0.250 bits per heavy atom. The van der Waals surface area contributed by atoms with Crippen LogP contribution < -0.4 is 0 Å². The molecular formula is C34H36O2. The fourth-order valence-corrected chi connectivity index (χ4v) is 7.14. The third kappa shape index (κ3) is 2.68. The van der Waals surface area contributed by atoms with E-state index >= 15 is 0 Å². The number of aryl methyl sites for hydroxylation is 8. The molecule has 0 N–H and O–H groups in total. The summed E-state index contributed by atoms with van der Waals surface area (Å²) in [4.78, 5) is 28.9. The van der Waals surface area contributed by atoms with Crippen molar-refractivity contribution in [3.05, 3.63) is 89.0 Å². The predicted molar refractivity (Wildman–Crippen MR) is 152 cm³/mol. The summed E-state index contributed by atoms with van der Waals surface area (Å²) in [7, 11) is 0. The Hall–Kier alpha value is -3.26. The van der Waals surface area contributed by atoms with Crippen LogP contribution in [0.5, 0.6) is 0 Å². The van der Waals surface area contributed by atoms with E-state index in [4.69, 9.17) is 0 Å². The van der Waals surface area contributed by atoms with Crippen molar-refractivity contribution in [3.63, 3.8) is 0 Å². The molecule has 4 aromatic rings. The van der Waals surface area contributed by atoms with Crippen LogP contribution in [-0.4, -0.2) is 11.6 Å². The first-order valence-corrected chi connectivity index (χ1v) is 12.9. The maximum Gasteiger partial charge on any atom is 0.195 e. The van der Waals surface area contributed by atoms with Crippen LogP contribution in [0.1, 0.15) is 98.6 Å². The van der Waals surface area contributed by atoms with E-state index in [-0.39, 0.29) is 11.6 Å². The first-order valence-electron chi connectivity index (χ1n) is 12.9. The fraction of sp³-hybridized carbons (Fsp3) is 0.353. The van der Waals surface area contributed by atoms with Crippen molar-refractivity contribution in [1.82, 2.24) is 0 Å². The Kier molecular flexibility index (Phi) is 5.17. The van der Waals surface area contributed by atoms with Gasteiger partial charge < -0.3 is 0 Å². The van der Waals surface area contributed by atoms with Crippen molar-refractivity contribution < 1.29 is 9.59 Å². The highest BCUT2D eigenvalue weighted by molar-refractivity contribution is 6.33. The van der Waals surface area contributed by atoms with E-state index in [0.29, 0.717) is 22.3 Å². The SMILES string of the molecule is Cc1c(C)c(C)c2c(C)c3c(c(C)c2c1C)C(=O)c1c(c(C)c2c(C)c(C)c(C)c(C)c2c1C)C3=O. The zero-order valence-electron chi connectivity index (χ0n) is 23.8. The second-order valence-corrected chi connectivity index (χ2v) is 11.2. The minimum atomic E-state index is -0.00448. The van der Waals surface area contributed by atoms with E-state index < -0.39 is 0 Å². The number of carbonyl (C=O) groups excluding carboxylic acids is 2. The van der Waals surface area contributed by atoms with Gasteiger partial charge in [-0.25, -0.2) is 0 Å². The lowest BCUT2D eigenvalue weighted by Gasteiger charge is -2.29. The van der Waals surface area contributed by atoms with Gasteiger partial charge in [0.1, 0.15) is 0 Å². The number of hydrogen-bond acceptors (Lipinski definition) is 2. The largest absolute Gasteiger partial charge is 0.289 e. The van der Waals surface area contributed by atoms with Crippen LogP contribution >= 0.6 is 0 Å². The molecule has 0 saturated heterocycles. The Morgan fingerprint density at radius 2 is 0.417 bits per heavy atom. The van der Waals surface area contributed by atoms with Gasteiger partial charge in [0.2, 0.25) is 0 Å². The van der Waals surface area contributed by atoms with Gasteiger partial charge in [-0.3, -0.25) is 9.59 Å². The van der Waals surface area contributed by atoms with Crippen molar-refractivity contribution in [2.75, 3.05) is 0 Å². The van der Waals surface area contributed by atoms with Crippen molar-refractivity contribution in [2.45, 2.75) is 83.1 Å². The molecule has 1 aliphatic carbocycles. The Labute approximate surface area is 214 Å². The average molecular weight is 477 g/mol. The van der Waals surface area contributed by atoms with Gasteiger partial charge in [-0.1, -0.05) is 0 Å². The Morgan fingerprint density at radius 3 is 0.583 bits per heavy atom. The molecule has 0 atom stereocenters. The molecule has 0 aromatic heterocycles. The fourth-order valence-electron chi connectivity index (χ4n) is 7.14. The summed E-state index contributed by atoms with van der Waals surface area (Å²) < 4.78 is 0. The average Bonchev–Trinajstić information content (AvgIpc) is 2.83. The zero-order chi connectivity index (χ0) is 26.7. The van der Waals surface area contributed by atoms with Crippen LogP contribution in [0.3, 0.4) is 0 Å². The third-order valence-corrected chi connectivity index (χ3v) is 9.78. The minimum Gasteiger partial charge on any atom is -0.289 e. The molecular weight excluding hydrogens is 440 g/mol. The molecule has 0 heterocycles. The summed E-state index contributed by atoms with van der Waals surface area (Å²) >= 11 is 0. The third-order valence-electron chi connectivity index (χ3n) is 9.78. The van der Waals surface area contributed by atoms with Crippen molar-refractivity contribution >= 4 is 33.1 Å². The lowest BCUT2D eigenvalue weighted by Crippen LogP contribution is -2.26. The number of benzene rings is 4. The van der Waals surface area contributed by atoms with Crippen LogP contribution in [0.4, 0.5) is 0 Å².